The molecule has 1 fully saturated rings. The number of carbonyl (C=O) groups excluding carboxylic acids is 2. The van der Waals surface area contributed by atoms with E-state index in [-0.39, 0.29) is 37.1 Å². The first-order chi connectivity index (χ1) is 13.4. The first kappa shape index (κ1) is 17.8. The number of rotatable bonds is 4. The summed E-state index contributed by atoms with van der Waals surface area (Å²) < 4.78 is 10.6. The van der Waals surface area contributed by atoms with Crippen LogP contribution in [-0.2, 0) is 9.59 Å². The number of carboxylic acid groups (broad SMARTS) is 1. The average Bonchev–Trinajstić information content (AvgIpc) is 3.29. The van der Waals surface area contributed by atoms with Crippen LogP contribution in [0.4, 0.5) is 11.4 Å². The van der Waals surface area contributed by atoms with E-state index >= 15 is 0 Å². The molecule has 1 unspecified atom stereocenters. The molecule has 2 N–H and O–H groups in total. The van der Waals surface area contributed by atoms with Crippen LogP contribution >= 0.6 is 0 Å². The molecule has 144 valence electrons. The van der Waals surface area contributed by atoms with Gasteiger partial charge in [0.05, 0.1) is 11.5 Å². The van der Waals surface area contributed by atoms with Gasteiger partial charge in [0, 0.05) is 30.4 Å². The number of aryl methyl sites for hydroxylation is 1. The van der Waals surface area contributed by atoms with Gasteiger partial charge >= 0.3 is 5.97 Å². The van der Waals surface area contributed by atoms with Gasteiger partial charge in [0.25, 0.3) is 0 Å². The topological polar surface area (TPSA) is 105 Å². The minimum Gasteiger partial charge on any atom is -0.478 e. The molecule has 2 aliphatic heterocycles. The summed E-state index contributed by atoms with van der Waals surface area (Å²) in [4.78, 5) is 37.8. The lowest BCUT2D eigenvalue weighted by Gasteiger charge is -2.17. The Kier molecular flexibility index (Phi) is 4.38. The van der Waals surface area contributed by atoms with Crippen LogP contribution < -0.4 is 19.7 Å². The number of benzene rings is 2. The van der Waals surface area contributed by atoms with Gasteiger partial charge in [0.1, 0.15) is 0 Å². The number of carbonyl (C=O) groups is 3. The van der Waals surface area contributed by atoms with Crippen LogP contribution in [0.1, 0.15) is 22.3 Å². The number of fused-ring (bicyclic) bond motifs is 1. The number of anilines is 2. The predicted molar refractivity (Wildman–Crippen MR) is 99.8 cm³/mol. The van der Waals surface area contributed by atoms with Crippen LogP contribution in [-0.4, -0.2) is 36.2 Å². The Balaban J connectivity index is 1.49. The summed E-state index contributed by atoms with van der Waals surface area (Å²) in [5, 5.41) is 11.9. The van der Waals surface area contributed by atoms with Crippen molar-refractivity contribution in [1.29, 1.82) is 0 Å². The van der Waals surface area contributed by atoms with Crippen molar-refractivity contribution in [3.05, 3.63) is 47.5 Å². The van der Waals surface area contributed by atoms with E-state index in [0.717, 1.165) is 5.56 Å². The van der Waals surface area contributed by atoms with Crippen molar-refractivity contribution in [1.82, 2.24) is 0 Å². The van der Waals surface area contributed by atoms with Crippen molar-refractivity contribution in [2.24, 2.45) is 5.92 Å². The number of aromatic carboxylic acids is 1. The molecule has 2 heterocycles. The Morgan fingerprint density at radius 1 is 1.14 bits per heavy atom. The molecule has 0 spiro atoms. The fraction of sp³-hybridized carbons (Fsp3) is 0.250. The van der Waals surface area contributed by atoms with Crippen LogP contribution in [0.15, 0.2) is 36.4 Å². The summed E-state index contributed by atoms with van der Waals surface area (Å²) >= 11 is 0. The lowest BCUT2D eigenvalue weighted by atomic mass is 10.1. The third kappa shape index (κ3) is 3.24. The normalized spacial score (nSPS) is 17.7. The Morgan fingerprint density at radius 2 is 1.93 bits per heavy atom. The second-order valence-electron chi connectivity index (χ2n) is 6.77. The van der Waals surface area contributed by atoms with Crippen LogP contribution in [0.25, 0.3) is 0 Å². The van der Waals surface area contributed by atoms with Crippen LogP contribution in [0.2, 0.25) is 0 Å². The van der Waals surface area contributed by atoms with E-state index < -0.39 is 11.9 Å². The molecule has 2 amide bonds. The second kappa shape index (κ2) is 6.88. The van der Waals surface area contributed by atoms with Gasteiger partial charge in [-0.25, -0.2) is 4.79 Å². The Labute approximate surface area is 160 Å². The number of amides is 2. The van der Waals surface area contributed by atoms with Gasteiger partial charge in [-0.15, -0.1) is 0 Å². The highest BCUT2D eigenvalue weighted by Gasteiger charge is 2.36. The maximum absolute atomic E-state index is 12.7. The highest BCUT2D eigenvalue weighted by Crippen LogP contribution is 2.37. The van der Waals surface area contributed by atoms with Gasteiger partial charge in [0.15, 0.2) is 11.5 Å². The lowest BCUT2D eigenvalue weighted by Crippen LogP contribution is -2.28. The summed E-state index contributed by atoms with van der Waals surface area (Å²) in [5.74, 6) is -0.888. The number of hydrogen-bond donors (Lipinski definition) is 2. The standard InChI is InChI=1S/C20H18N2O6/c1-11-2-3-12(20(25)26)6-15(11)21-19(24)13-7-18(23)22(9-13)14-4-5-16-17(8-14)28-10-27-16/h2-6,8,13H,7,9-10H2,1H3,(H,21,24)(H,25,26). The van der Waals surface area contributed by atoms with E-state index in [1.54, 1.807) is 36.1 Å². The minimum absolute atomic E-state index is 0.0813. The number of nitrogens with zero attached hydrogens (tertiary/aromatic N) is 1. The van der Waals surface area contributed by atoms with E-state index in [4.69, 9.17) is 14.6 Å². The zero-order valence-corrected chi connectivity index (χ0v) is 15.1. The molecule has 28 heavy (non-hydrogen) atoms. The quantitative estimate of drug-likeness (QED) is 0.841. The van der Waals surface area contributed by atoms with Gasteiger partial charge in [-0.1, -0.05) is 6.07 Å². The number of nitrogens with one attached hydrogen (secondary N) is 1. The molecular weight excluding hydrogens is 364 g/mol. The predicted octanol–water partition coefficient (Wildman–Crippen LogP) is 2.41. The molecule has 4 rings (SSSR count). The van der Waals surface area contributed by atoms with Crippen molar-refractivity contribution in [3.63, 3.8) is 0 Å². The summed E-state index contributed by atoms with van der Waals surface area (Å²) in [5.41, 5.74) is 1.91. The fourth-order valence-electron chi connectivity index (χ4n) is 3.31. The first-order valence-corrected chi connectivity index (χ1v) is 8.77. The van der Waals surface area contributed by atoms with Crippen molar-refractivity contribution >= 4 is 29.2 Å². The van der Waals surface area contributed by atoms with Gasteiger partial charge in [-0.2, -0.15) is 0 Å². The van der Waals surface area contributed by atoms with Crippen LogP contribution in [0.3, 0.4) is 0 Å². The summed E-state index contributed by atoms with van der Waals surface area (Å²) in [6.07, 6.45) is 0.0813. The third-order valence-corrected chi connectivity index (χ3v) is 4.91. The van der Waals surface area contributed by atoms with Gasteiger partial charge in [0.2, 0.25) is 18.6 Å². The average molecular weight is 382 g/mol. The van der Waals surface area contributed by atoms with E-state index in [2.05, 4.69) is 5.32 Å². The monoisotopic (exact) mass is 382 g/mol. The smallest absolute Gasteiger partial charge is 0.335 e. The Bertz CT molecular complexity index is 987. The minimum atomic E-state index is -1.07. The number of hydrogen-bond acceptors (Lipinski definition) is 5. The van der Waals surface area contributed by atoms with Gasteiger partial charge < -0.3 is 24.8 Å². The van der Waals surface area contributed by atoms with E-state index in [1.165, 1.54) is 12.1 Å². The molecule has 2 aromatic carbocycles. The molecule has 1 saturated heterocycles. The SMILES string of the molecule is Cc1ccc(C(=O)O)cc1NC(=O)C1CC(=O)N(c2ccc3c(c2)OCO3)C1. The molecule has 2 aliphatic rings. The molecule has 0 aromatic heterocycles. The zero-order chi connectivity index (χ0) is 19.8. The van der Waals surface area contributed by atoms with Crippen LogP contribution in [0, 0.1) is 12.8 Å². The largest absolute Gasteiger partial charge is 0.478 e. The molecule has 0 aliphatic carbocycles. The number of ether oxygens (including phenoxy) is 2. The van der Waals surface area contributed by atoms with Gasteiger partial charge in [-0.05, 0) is 36.8 Å². The molecular formula is C20H18N2O6. The highest BCUT2D eigenvalue weighted by molar-refractivity contribution is 6.04. The highest BCUT2D eigenvalue weighted by atomic mass is 16.7. The summed E-state index contributed by atoms with van der Waals surface area (Å²) in [6, 6.07) is 9.75. The van der Waals surface area contributed by atoms with E-state index in [0.29, 0.717) is 22.9 Å². The molecule has 0 saturated carbocycles. The maximum Gasteiger partial charge on any atom is 0.335 e. The third-order valence-electron chi connectivity index (χ3n) is 4.91. The number of carboxylic acids is 1. The van der Waals surface area contributed by atoms with Crippen molar-refractivity contribution in [2.75, 3.05) is 23.6 Å². The fourth-order valence-corrected chi connectivity index (χ4v) is 3.31. The Hall–Kier alpha value is -3.55. The van der Waals surface area contributed by atoms with E-state index in [1.807, 2.05) is 0 Å². The molecule has 0 bridgehead atoms. The molecule has 2 aromatic rings. The lowest BCUT2D eigenvalue weighted by molar-refractivity contribution is -0.122. The summed E-state index contributed by atoms with van der Waals surface area (Å²) in [6.45, 7) is 2.16. The summed E-state index contributed by atoms with van der Waals surface area (Å²) in [7, 11) is 0. The van der Waals surface area contributed by atoms with Crippen molar-refractivity contribution in [2.45, 2.75) is 13.3 Å². The molecule has 8 nitrogen and oxygen atoms in total. The molecule has 1 atom stereocenters. The molecule has 0 radical (unpaired) electrons. The zero-order valence-electron chi connectivity index (χ0n) is 15.1. The first-order valence-electron chi connectivity index (χ1n) is 8.77. The second-order valence-corrected chi connectivity index (χ2v) is 6.77. The van der Waals surface area contributed by atoms with Crippen molar-refractivity contribution in [3.8, 4) is 11.5 Å². The van der Waals surface area contributed by atoms with Crippen LogP contribution in [0.5, 0.6) is 11.5 Å². The maximum atomic E-state index is 12.7. The molecule has 8 heteroatoms. The van der Waals surface area contributed by atoms with Crippen molar-refractivity contribution < 1.29 is 29.0 Å². The Morgan fingerprint density at radius 3 is 2.71 bits per heavy atom. The van der Waals surface area contributed by atoms with Gasteiger partial charge in [-0.3, -0.25) is 9.59 Å². The van der Waals surface area contributed by atoms with E-state index in [9.17, 15) is 14.4 Å².